The molecule has 128 valence electrons. The maximum atomic E-state index is 5.43. The largest absolute Gasteiger partial charge is 0.372 e. The Morgan fingerprint density at radius 2 is 1.96 bits per heavy atom. The summed E-state index contributed by atoms with van der Waals surface area (Å²) in [5.41, 5.74) is 2.34. The van der Waals surface area contributed by atoms with Gasteiger partial charge in [0.15, 0.2) is 0 Å². The SMILES string of the molecule is c1cc(N2CCCCC2)ccc1-c1noc(CCC2CCNC2)n1. The molecule has 0 aliphatic carbocycles. The number of nitrogens with zero attached hydrogens (tertiary/aromatic N) is 3. The second kappa shape index (κ2) is 7.34. The lowest BCUT2D eigenvalue weighted by Crippen LogP contribution is -2.29. The Hall–Kier alpha value is -1.88. The molecule has 0 saturated carbocycles. The van der Waals surface area contributed by atoms with Crippen molar-refractivity contribution in [1.29, 1.82) is 0 Å². The van der Waals surface area contributed by atoms with Gasteiger partial charge in [-0.1, -0.05) is 5.16 Å². The highest BCUT2D eigenvalue weighted by Crippen LogP contribution is 2.24. The Balaban J connectivity index is 1.38. The molecular formula is C19H26N4O. The Bertz CT molecular complexity index is 640. The van der Waals surface area contributed by atoms with Gasteiger partial charge in [-0.15, -0.1) is 0 Å². The van der Waals surface area contributed by atoms with Crippen molar-refractivity contribution in [2.45, 2.75) is 38.5 Å². The van der Waals surface area contributed by atoms with Gasteiger partial charge in [0.1, 0.15) is 0 Å². The fraction of sp³-hybridized carbons (Fsp3) is 0.579. The van der Waals surface area contributed by atoms with E-state index in [0.29, 0.717) is 5.82 Å². The number of hydrogen-bond acceptors (Lipinski definition) is 5. The van der Waals surface area contributed by atoms with E-state index in [1.165, 1.54) is 44.5 Å². The summed E-state index contributed by atoms with van der Waals surface area (Å²) in [5, 5.41) is 7.56. The van der Waals surface area contributed by atoms with E-state index in [-0.39, 0.29) is 0 Å². The van der Waals surface area contributed by atoms with Gasteiger partial charge in [-0.2, -0.15) is 4.98 Å². The van der Waals surface area contributed by atoms with Crippen LogP contribution in [-0.4, -0.2) is 36.3 Å². The molecule has 3 heterocycles. The quantitative estimate of drug-likeness (QED) is 0.914. The van der Waals surface area contributed by atoms with Crippen LogP contribution >= 0.6 is 0 Å². The molecule has 2 aliphatic heterocycles. The molecule has 1 atom stereocenters. The van der Waals surface area contributed by atoms with E-state index in [0.717, 1.165) is 43.3 Å². The van der Waals surface area contributed by atoms with Crippen LogP contribution in [0.5, 0.6) is 0 Å². The first-order valence-electron chi connectivity index (χ1n) is 9.27. The molecular weight excluding hydrogens is 300 g/mol. The van der Waals surface area contributed by atoms with Crippen LogP contribution in [0, 0.1) is 5.92 Å². The smallest absolute Gasteiger partial charge is 0.226 e. The second-order valence-electron chi connectivity index (χ2n) is 7.00. The summed E-state index contributed by atoms with van der Waals surface area (Å²) in [5.74, 6) is 2.22. The number of benzene rings is 1. The summed E-state index contributed by atoms with van der Waals surface area (Å²) < 4.78 is 5.43. The van der Waals surface area contributed by atoms with Gasteiger partial charge in [-0.3, -0.25) is 0 Å². The molecule has 2 aromatic rings. The third-order valence-electron chi connectivity index (χ3n) is 5.24. The predicted molar refractivity (Wildman–Crippen MR) is 95.1 cm³/mol. The second-order valence-corrected chi connectivity index (χ2v) is 7.00. The molecule has 5 nitrogen and oxygen atoms in total. The van der Waals surface area contributed by atoms with E-state index >= 15 is 0 Å². The van der Waals surface area contributed by atoms with Crippen molar-refractivity contribution < 1.29 is 4.52 Å². The lowest BCUT2D eigenvalue weighted by molar-refractivity contribution is 0.365. The highest BCUT2D eigenvalue weighted by atomic mass is 16.5. The zero-order valence-electron chi connectivity index (χ0n) is 14.2. The highest BCUT2D eigenvalue weighted by Gasteiger charge is 2.17. The molecule has 2 fully saturated rings. The van der Waals surface area contributed by atoms with Gasteiger partial charge in [-0.05, 0) is 75.4 Å². The Morgan fingerprint density at radius 1 is 1.12 bits per heavy atom. The van der Waals surface area contributed by atoms with Crippen molar-refractivity contribution in [3.05, 3.63) is 30.2 Å². The van der Waals surface area contributed by atoms with E-state index in [2.05, 4.69) is 44.6 Å². The van der Waals surface area contributed by atoms with Gasteiger partial charge in [0.25, 0.3) is 0 Å². The van der Waals surface area contributed by atoms with Crippen molar-refractivity contribution in [3.63, 3.8) is 0 Å². The van der Waals surface area contributed by atoms with Crippen LogP contribution in [0.15, 0.2) is 28.8 Å². The third kappa shape index (κ3) is 3.61. The minimum atomic E-state index is 0.708. The van der Waals surface area contributed by atoms with E-state index in [4.69, 9.17) is 4.52 Å². The van der Waals surface area contributed by atoms with Crippen LogP contribution in [0.2, 0.25) is 0 Å². The standard InChI is InChI=1S/C19H26N4O/c1-2-12-23(13-3-1)17-7-5-16(6-8-17)19-21-18(24-22-19)9-4-15-10-11-20-14-15/h5-8,15,20H,1-4,9-14H2. The number of anilines is 1. The summed E-state index contributed by atoms with van der Waals surface area (Å²) in [4.78, 5) is 7.03. The maximum Gasteiger partial charge on any atom is 0.226 e. The molecule has 1 unspecified atom stereocenters. The molecule has 0 amide bonds. The number of rotatable bonds is 5. The molecule has 0 spiro atoms. The van der Waals surface area contributed by atoms with Crippen LogP contribution in [0.25, 0.3) is 11.4 Å². The summed E-state index contributed by atoms with van der Waals surface area (Å²) in [6, 6.07) is 8.58. The van der Waals surface area contributed by atoms with Gasteiger partial charge in [0.2, 0.25) is 11.7 Å². The average molecular weight is 326 g/mol. The maximum absolute atomic E-state index is 5.43. The fourth-order valence-corrected chi connectivity index (χ4v) is 3.74. The first-order valence-corrected chi connectivity index (χ1v) is 9.27. The van der Waals surface area contributed by atoms with Crippen LogP contribution in [0.4, 0.5) is 5.69 Å². The molecule has 2 saturated heterocycles. The van der Waals surface area contributed by atoms with Crippen molar-refractivity contribution in [3.8, 4) is 11.4 Å². The van der Waals surface area contributed by atoms with Crippen LogP contribution in [-0.2, 0) is 6.42 Å². The van der Waals surface area contributed by atoms with Gasteiger partial charge in [0, 0.05) is 30.8 Å². The van der Waals surface area contributed by atoms with Crippen molar-refractivity contribution in [2.24, 2.45) is 5.92 Å². The zero-order chi connectivity index (χ0) is 16.2. The van der Waals surface area contributed by atoms with Gasteiger partial charge in [0.05, 0.1) is 0 Å². The molecule has 24 heavy (non-hydrogen) atoms. The van der Waals surface area contributed by atoms with Crippen LogP contribution in [0.1, 0.15) is 38.0 Å². The van der Waals surface area contributed by atoms with Gasteiger partial charge >= 0.3 is 0 Å². The predicted octanol–water partition coefficient (Wildman–Crippen LogP) is 3.27. The molecule has 0 bridgehead atoms. The summed E-state index contributed by atoms with van der Waals surface area (Å²) in [6.07, 6.45) is 7.22. The first kappa shape index (κ1) is 15.6. The minimum Gasteiger partial charge on any atom is -0.372 e. The minimum absolute atomic E-state index is 0.708. The molecule has 5 heteroatoms. The average Bonchev–Trinajstić information content (AvgIpc) is 3.33. The number of piperidine rings is 1. The number of nitrogens with one attached hydrogen (secondary N) is 1. The summed E-state index contributed by atoms with van der Waals surface area (Å²) >= 11 is 0. The molecule has 1 N–H and O–H groups in total. The fourth-order valence-electron chi connectivity index (χ4n) is 3.74. The summed E-state index contributed by atoms with van der Waals surface area (Å²) in [7, 11) is 0. The van der Waals surface area contributed by atoms with Crippen LogP contribution in [0.3, 0.4) is 0 Å². The van der Waals surface area contributed by atoms with Crippen LogP contribution < -0.4 is 10.2 Å². The number of hydrogen-bond donors (Lipinski definition) is 1. The van der Waals surface area contributed by atoms with E-state index < -0.39 is 0 Å². The van der Waals surface area contributed by atoms with Crippen molar-refractivity contribution in [1.82, 2.24) is 15.5 Å². The Labute approximate surface area is 143 Å². The van der Waals surface area contributed by atoms with E-state index in [1.807, 2.05) is 0 Å². The molecule has 0 radical (unpaired) electrons. The first-order chi connectivity index (χ1) is 11.9. The number of aromatic nitrogens is 2. The molecule has 4 rings (SSSR count). The highest BCUT2D eigenvalue weighted by molar-refractivity contribution is 5.60. The van der Waals surface area contributed by atoms with E-state index in [9.17, 15) is 0 Å². The molecule has 1 aromatic heterocycles. The monoisotopic (exact) mass is 326 g/mol. The Morgan fingerprint density at radius 3 is 2.71 bits per heavy atom. The topological polar surface area (TPSA) is 54.2 Å². The number of aryl methyl sites for hydroxylation is 1. The molecule has 1 aromatic carbocycles. The zero-order valence-corrected chi connectivity index (χ0v) is 14.2. The van der Waals surface area contributed by atoms with Crippen molar-refractivity contribution >= 4 is 5.69 Å². The van der Waals surface area contributed by atoms with Gasteiger partial charge in [-0.25, -0.2) is 0 Å². The Kier molecular flexibility index (Phi) is 4.78. The summed E-state index contributed by atoms with van der Waals surface area (Å²) in [6.45, 7) is 4.60. The normalized spacial score (nSPS) is 21.3. The third-order valence-corrected chi connectivity index (χ3v) is 5.24. The molecule has 2 aliphatic rings. The lowest BCUT2D eigenvalue weighted by Gasteiger charge is -2.28. The van der Waals surface area contributed by atoms with Gasteiger partial charge < -0.3 is 14.7 Å². The van der Waals surface area contributed by atoms with Crippen molar-refractivity contribution in [2.75, 3.05) is 31.1 Å². The van der Waals surface area contributed by atoms with E-state index in [1.54, 1.807) is 0 Å². The lowest BCUT2D eigenvalue weighted by atomic mass is 10.0.